The number of alkyl halides is 1. The Balaban J connectivity index is 2.27. The van der Waals surface area contributed by atoms with Crippen LogP contribution in [0.1, 0.15) is 43.2 Å². The molecule has 1 aliphatic heterocycles. The van der Waals surface area contributed by atoms with E-state index in [1.165, 1.54) is 0 Å². The monoisotopic (exact) mass is 373 g/mol. The average molecular weight is 374 g/mol. The van der Waals surface area contributed by atoms with Crippen LogP contribution in [0.25, 0.3) is 5.57 Å². The van der Waals surface area contributed by atoms with Crippen molar-refractivity contribution in [3.05, 3.63) is 65.5 Å². The minimum atomic E-state index is -1.04. The molecule has 0 radical (unpaired) electrons. The van der Waals surface area contributed by atoms with Gasteiger partial charge in [-0.15, -0.1) is 0 Å². The lowest BCUT2D eigenvalue weighted by Crippen LogP contribution is -2.33. The minimum Gasteiger partial charge on any atom is -0.480 e. The molecule has 120 valence electrons. The Hall–Kier alpha value is -1.65. The number of para-hydroxylation sites is 1. The van der Waals surface area contributed by atoms with E-state index < -0.39 is 11.7 Å². The van der Waals surface area contributed by atoms with E-state index in [0.717, 1.165) is 39.9 Å². The first kappa shape index (κ1) is 16.2. The molecule has 0 spiro atoms. The zero-order valence-corrected chi connectivity index (χ0v) is 14.9. The number of ether oxygens (including phenoxy) is 1. The Morgan fingerprint density at radius 1 is 1.22 bits per heavy atom. The molecule has 4 heteroatoms. The zero-order valence-electron chi connectivity index (χ0n) is 13.3. The minimum absolute atomic E-state index is 0.519. The molecule has 0 amide bonds. The van der Waals surface area contributed by atoms with Gasteiger partial charge in [-0.05, 0) is 38.0 Å². The summed E-state index contributed by atoms with van der Waals surface area (Å²) in [7, 11) is 0. The molecule has 0 aliphatic carbocycles. The molecule has 2 aromatic rings. The number of nitrogens with zero attached hydrogens (tertiary/aromatic N) is 1. The smallest absolute Gasteiger partial charge is 0.169 e. The average Bonchev–Trinajstić information content (AvgIpc) is 2.67. The molecule has 1 unspecified atom stereocenters. The molecule has 1 aliphatic rings. The van der Waals surface area contributed by atoms with E-state index in [9.17, 15) is 5.11 Å². The lowest BCUT2D eigenvalue weighted by molar-refractivity contribution is -0.0371. The van der Waals surface area contributed by atoms with E-state index in [4.69, 9.17) is 4.74 Å². The number of hydrogen-bond donors (Lipinski definition) is 1. The van der Waals surface area contributed by atoms with Crippen LogP contribution < -0.4 is 4.74 Å². The second-order valence-electron chi connectivity index (χ2n) is 6.18. The summed E-state index contributed by atoms with van der Waals surface area (Å²) in [6, 6.07) is 11.9. The normalized spacial score (nSPS) is 18.8. The summed E-state index contributed by atoms with van der Waals surface area (Å²) in [6.07, 6.45) is 4.34. The maximum Gasteiger partial charge on any atom is 0.169 e. The van der Waals surface area contributed by atoms with Crippen LogP contribution in [-0.4, -0.2) is 21.0 Å². The molecule has 1 aromatic carbocycles. The van der Waals surface area contributed by atoms with Gasteiger partial charge in [0.05, 0.1) is 5.69 Å². The highest BCUT2D eigenvalue weighted by Crippen LogP contribution is 2.43. The fourth-order valence-electron chi connectivity index (χ4n) is 2.87. The largest absolute Gasteiger partial charge is 0.480 e. The predicted molar refractivity (Wildman–Crippen MR) is 95.8 cm³/mol. The first-order valence-electron chi connectivity index (χ1n) is 7.72. The maximum absolute atomic E-state index is 10.6. The number of halogens is 1. The van der Waals surface area contributed by atoms with Gasteiger partial charge in [0, 0.05) is 22.7 Å². The lowest BCUT2D eigenvalue weighted by atomic mass is 9.91. The van der Waals surface area contributed by atoms with Crippen LogP contribution in [0, 0.1) is 0 Å². The van der Waals surface area contributed by atoms with Crippen molar-refractivity contribution < 1.29 is 9.84 Å². The fraction of sp³-hybridized carbons (Fsp3) is 0.316. The third-order valence-corrected chi connectivity index (χ3v) is 4.36. The van der Waals surface area contributed by atoms with Crippen molar-refractivity contribution in [3.8, 4) is 5.75 Å². The van der Waals surface area contributed by atoms with Crippen molar-refractivity contribution in [3.63, 3.8) is 0 Å². The standard InChI is InChI=1S/C19H20BrNO2/c1-19(2,22)18-17-15(9-6-12-21-17)13(8-5-11-20)14-7-3-4-10-16(14)23-18/h3-4,6-10,12,18,22H,5,11H2,1-2H3. The van der Waals surface area contributed by atoms with Gasteiger partial charge in [0.2, 0.25) is 0 Å². The van der Waals surface area contributed by atoms with E-state index in [2.05, 4.69) is 33.1 Å². The van der Waals surface area contributed by atoms with E-state index in [1.807, 2.05) is 30.3 Å². The first-order chi connectivity index (χ1) is 11.0. The van der Waals surface area contributed by atoms with Crippen molar-refractivity contribution in [2.24, 2.45) is 0 Å². The lowest BCUT2D eigenvalue weighted by Gasteiger charge is -2.29. The van der Waals surface area contributed by atoms with Gasteiger partial charge in [0.25, 0.3) is 0 Å². The molecule has 0 bridgehead atoms. The third-order valence-electron chi connectivity index (χ3n) is 3.90. The second-order valence-corrected chi connectivity index (χ2v) is 6.97. The van der Waals surface area contributed by atoms with Gasteiger partial charge in [0.1, 0.15) is 11.4 Å². The molecule has 1 aromatic heterocycles. The van der Waals surface area contributed by atoms with E-state index >= 15 is 0 Å². The van der Waals surface area contributed by atoms with E-state index in [-0.39, 0.29) is 0 Å². The molecule has 3 nitrogen and oxygen atoms in total. The molecule has 3 rings (SSSR count). The van der Waals surface area contributed by atoms with Crippen LogP contribution in [-0.2, 0) is 0 Å². The van der Waals surface area contributed by atoms with Gasteiger partial charge >= 0.3 is 0 Å². The summed E-state index contributed by atoms with van der Waals surface area (Å²) in [5.41, 5.74) is 2.90. The molecular formula is C19H20BrNO2. The van der Waals surface area contributed by atoms with Crippen molar-refractivity contribution in [1.82, 2.24) is 4.98 Å². The summed E-state index contributed by atoms with van der Waals surface area (Å²) in [5, 5.41) is 11.5. The summed E-state index contributed by atoms with van der Waals surface area (Å²) in [6.45, 7) is 3.51. The van der Waals surface area contributed by atoms with E-state index in [0.29, 0.717) is 0 Å². The number of rotatable bonds is 3. The third kappa shape index (κ3) is 3.19. The van der Waals surface area contributed by atoms with Gasteiger partial charge in [-0.3, -0.25) is 4.98 Å². The number of hydrogen-bond acceptors (Lipinski definition) is 3. The zero-order chi connectivity index (χ0) is 16.4. The quantitative estimate of drug-likeness (QED) is 0.805. The highest BCUT2D eigenvalue weighted by atomic mass is 79.9. The van der Waals surface area contributed by atoms with Crippen molar-refractivity contribution in [2.45, 2.75) is 32.0 Å². The molecule has 0 saturated heterocycles. The SMILES string of the molecule is CC(C)(O)C1Oc2ccccc2C(=CCCBr)c2cccnc21. The summed E-state index contributed by atoms with van der Waals surface area (Å²) < 4.78 is 6.19. The molecule has 23 heavy (non-hydrogen) atoms. The van der Waals surface area contributed by atoms with Crippen LogP contribution in [0.4, 0.5) is 0 Å². The Morgan fingerprint density at radius 3 is 2.70 bits per heavy atom. The highest BCUT2D eigenvalue weighted by molar-refractivity contribution is 9.09. The fourth-order valence-corrected chi connectivity index (χ4v) is 3.10. The first-order valence-corrected chi connectivity index (χ1v) is 8.84. The molecular weight excluding hydrogens is 354 g/mol. The Bertz CT molecular complexity index is 734. The van der Waals surface area contributed by atoms with Gasteiger partial charge in [0.15, 0.2) is 6.10 Å². The van der Waals surface area contributed by atoms with Crippen LogP contribution in [0.15, 0.2) is 48.7 Å². The van der Waals surface area contributed by atoms with Crippen LogP contribution in [0.2, 0.25) is 0 Å². The predicted octanol–water partition coefficient (Wildman–Crippen LogP) is 4.50. The van der Waals surface area contributed by atoms with Gasteiger partial charge in [-0.25, -0.2) is 0 Å². The Kier molecular flexibility index (Phi) is 4.55. The topological polar surface area (TPSA) is 42.4 Å². The maximum atomic E-state index is 10.6. The van der Waals surface area contributed by atoms with Crippen molar-refractivity contribution in [2.75, 3.05) is 5.33 Å². The van der Waals surface area contributed by atoms with E-state index in [1.54, 1.807) is 20.0 Å². The van der Waals surface area contributed by atoms with Gasteiger partial charge < -0.3 is 9.84 Å². The van der Waals surface area contributed by atoms with Crippen molar-refractivity contribution >= 4 is 21.5 Å². The number of benzene rings is 1. The number of allylic oxidation sites excluding steroid dienone is 1. The number of pyridine rings is 1. The molecule has 0 fully saturated rings. The van der Waals surface area contributed by atoms with Crippen LogP contribution in [0.3, 0.4) is 0 Å². The highest BCUT2D eigenvalue weighted by Gasteiger charge is 2.36. The Labute approximate surface area is 145 Å². The summed E-state index contributed by atoms with van der Waals surface area (Å²) >= 11 is 3.49. The second kappa shape index (κ2) is 6.46. The molecule has 0 saturated carbocycles. The van der Waals surface area contributed by atoms with Crippen LogP contribution in [0.5, 0.6) is 5.75 Å². The summed E-state index contributed by atoms with van der Waals surface area (Å²) in [4.78, 5) is 4.53. The number of fused-ring (bicyclic) bond motifs is 2. The molecule has 2 heterocycles. The number of aromatic nitrogens is 1. The van der Waals surface area contributed by atoms with Crippen LogP contribution >= 0.6 is 15.9 Å². The van der Waals surface area contributed by atoms with Crippen molar-refractivity contribution in [1.29, 1.82) is 0 Å². The Morgan fingerprint density at radius 2 is 1.96 bits per heavy atom. The number of aliphatic hydroxyl groups is 1. The van der Waals surface area contributed by atoms with Gasteiger partial charge in [-0.1, -0.05) is 46.3 Å². The molecule has 1 atom stereocenters. The van der Waals surface area contributed by atoms with Gasteiger partial charge in [-0.2, -0.15) is 0 Å². The molecule has 1 N–H and O–H groups in total. The summed E-state index contributed by atoms with van der Waals surface area (Å²) in [5.74, 6) is 0.776.